The molecule has 1 saturated heterocycles. The zero-order valence-corrected chi connectivity index (χ0v) is 13.7. The minimum atomic E-state index is -2.38. The van der Waals surface area contributed by atoms with E-state index in [0.29, 0.717) is 34.7 Å². The summed E-state index contributed by atoms with van der Waals surface area (Å²) in [5.74, 6) is -1.89. The number of nitrogens with zero attached hydrogens (tertiary/aromatic N) is 1. The van der Waals surface area contributed by atoms with E-state index in [1.54, 1.807) is 6.07 Å². The summed E-state index contributed by atoms with van der Waals surface area (Å²) in [7, 11) is 0. The number of piperidine rings is 1. The molecule has 1 N–H and O–H groups in total. The van der Waals surface area contributed by atoms with Crippen LogP contribution in [0.25, 0.3) is 0 Å². The van der Waals surface area contributed by atoms with Crippen molar-refractivity contribution in [1.29, 1.82) is 0 Å². The van der Waals surface area contributed by atoms with E-state index >= 15 is 0 Å². The lowest BCUT2D eigenvalue weighted by Gasteiger charge is -2.44. The molecule has 2 rings (SSSR count). The van der Waals surface area contributed by atoms with Gasteiger partial charge in [-0.25, -0.2) is 0 Å². The fraction of sp³-hybridized carbons (Fsp3) is 0.625. The highest BCUT2D eigenvalue weighted by molar-refractivity contribution is 7.99. The van der Waals surface area contributed by atoms with Crippen molar-refractivity contribution in [2.24, 2.45) is 5.92 Å². The number of halogens is 2. The number of nitrogens with one attached hydrogen (secondary N) is 1. The highest BCUT2D eigenvalue weighted by Gasteiger charge is 2.33. The second-order valence-electron chi connectivity index (χ2n) is 5.59. The highest BCUT2D eigenvalue weighted by atomic mass is 32.2. The molecule has 0 saturated carbocycles. The molecule has 5 heteroatoms. The van der Waals surface area contributed by atoms with E-state index < -0.39 is 5.76 Å². The lowest BCUT2D eigenvalue weighted by Crippen LogP contribution is -2.53. The van der Waals surface area contributed by atoms with Gasteiger partial charge in [-0.3, -0.25) is 0 Å². The third-order valence-electron chi connectivity index (χ3n) is 4.43. The van der Waals surface area contributed by atoms with Crippen molar-refractivity contribution in [3.05, 3.63) is 24.3 Å². The lowest BCUT2D eigenvalue weighted by atomic mass is 9.86. The normalized spacial score (nSPS) is 26.4. The summed E-state index contributed by atoms with van der Waals surface area (Å²) < 4.78 is 25.5. The highest BCUT2D eigenvalue weighted by Crippen LogP contribution is 2.37. The first-order valence-corrected chi connectivity index (χ1v) is 8.46. The zero-order valence-electron chi connectivity index (χ0n) is 12.9. The molecular formula is C16H24F2N2S. The molecule has 1 aliphatic rings. The summed E-state index contributed by atoms with van der Waals surface area (Å²) >= 11 is 0.642. The maximum atomic E-state index is 12.7. The molecule has 0 aliphatic carbocycles. The average Bonchev–Trinajstić information content (AvgIpc) is 2.45. The van der Waals surface area contributed by atoms with Crippen molar-refractivity contribution in [3.8, 4) is 0 Å². The van der Waals surface area contributed by atoms with Crippen molar-refractivity contribution in [1.82, 2.24) is 5.32 Å². The molecule has 0 bridgehead atoms. The van der Waals surface area contributed by atoms with Crippen LogP contribution in [0.4, 0.5) is 14.5 Å². The van der Waals surface area contributed by atoms with Gasteiger partial charge in [-0.1, -0.05) is 37.7 Å². The molecule has 3 atom stereocenters. The van der Waals surface area contributed by atoms with E-state index in [2.05, 4.69) is 31.0 Å². The molecule has 0 spiro atoms. The van der Waals surface area contributed by atoms with E-state index in [1.807, 2.05) is 18.2 Å². The Bertz CT molecular complexity index is 456. The smallest absolute Gasteiger partial charge is 0.288 e. The molecule has 0 aromatic heterocycles. The average molecular weight is 314 g/mol. The van der Waals surface area contributed by atoms with Crippen LogP contribution in [0.1, 0.15) is 27.2 Å². The van der Waals surface area contributed by atoms with Crippen LogP contribution in [0.3, 0.4) is 0 Å². The summed E-state index contributed by atoms with van der Waals surface area (Å²) in [6.07, 6.45) is 1.05. The van der Waals surface area contributed by atoms with Crippen molar-refractivity contribution in [3.63, 3.8) is 0 Å². The number of alkyl halides is 2. The predicted octanol–water partition coefficient (Wildman–Crippen LogP) is 4.21. The van der Waals surface area contributed by atoms with Gasteiger partial charge < -0.3 is 10.2 Å². The minimum Gasteiger partial charge on any atom is -0.368 e. The number of anilines is 1. The van der Waals surface area contributed by atoms with Crippen molar-refractivity contribution in [2.45, 2.75) is 49.9 Å². The third kappa shape index (κ3) is 3.89. The molecule has 1 fully saturated rings. The number of hydrogen-bond donors (Lipinski definition) is 1. The lowest BCUT2D eigenvalue weighted by molar-refractivity contribution is 0.252. The molecular weight excluding hydrogens is 290 g/mol. The van der Waals surface area contributed by atoms with Gasteiger partial charge in [0.25, 0.3) is 5.76 Å². The van der Waals surface area contributed by atoms with E-state index in [4.69, 9.17) is 0 Å². The Morgan fingerprint density at radius 3 is 2.71 bits per heavy atom. The van der Waals surface area contributed by atoms with Gasteiger partial charge in [0.1, 0.15) is 0 Å². The number of hydrogen-bond acceptors (Lipinski definition) is 3. The fourth-order valence-electron chi connectivity index (χ4n) is 3.14. The Hall–Kier alpha value is -0.810. The number of benzene rings is 1. The summed E-state index contributed by atoms with van der Waals surface area (Å²) in [5.41, 5.74) is 0.942. The maximum absolute atomic E-state index is 12.7. The molecule has 21 heavy (non-hydrogen) atoms. The van der Waals surface area contributed by atoms with Crippen LogP contribution in [0.5, 0.6) is 0 Å². The predicted molar refractivity (Wildman–Crippen MR) is 86.4 cm³/mol. The van der Waals surface area contributed by atoms with Crippen molar-refractivity contribution < 1.29 is 8.78 Å². The zero-order chi connectivity index (χ0) is 15.4. The van der Waals surface area contributed by atoms with Gasteiger partial charge in [-0.2, -0.15) is 8.78 Å². The van der Waals surface area contributed by atoms with Crippen molar-refractivity contribution in [2.75, 3.05) is 18.0 Å². The van der Waals surface area contributed by atoms with Gasteiger partial charge in [0.2, 0.25) is 0 Å². The molecule has 1 aromatic rings. The van der Waals surface area contributed by atoms with E-state index in [9.17, 15) is 8.78 Å². The van der Waals surface area contributed by atoms with Gasteiger partial charge in [0, 0.05) is 23.5 Å². The van der Waals surface area contributed by atoms with E-state index in [1.165, 1.54) is 0 Å². The van der Waals surface area contributed by atoms with Crippen LogP contribution >= 0.6 is 11.8 Å². The maximum Gasteiger partial charge on any atom is 0.288 e. The fourth-order valence-corrected chi connectivity index (χ4v) is 3.80. The van der Waals surface area contributed by atoms with Gasteiger partial charge in [0.15, 0.2) is 0 Å². The van der Waals surface area contributed by atoms with Gasteiger partial charge in [-0.15, -0.1) is 0 Å². The number of rotatable bonds is 5. The Kier molecular flexibility index (Phi) is 5.88. The Balaban J connectivity index is 2.19. The summed E-state index contributed by atoms with van der Waals surface area (Å²) in [4.78, 5) is 2.96. The Labute approximate surface area is 130 Å². The molecule has 0 amide bonds. The van der Waals surface area contributed by atoms with Gasteiger partial charge in [0.05, 0.1) is 5.69 Å². The van der Waals surface area contributed by atoms with E-state index in [-0.39, 0.29) is 0 Å². The molecule has 1 aliphatic heterocycles. The second-order valence-corrected chi connectivity index (χ2v) is 6.62. The second kappa shape index (κ2) is 7.45. The van der Waals surface area contributed by atoms with Gasteiger partial charge in [-0.05, 0) is 37.9 Å². The molecule has 1 aromatic carbocycles. The van der Waals surface area contributed by atoms with Crippen LogP contribution in [-0.4, -0.2) is 30.9 Å². The molecule has 1 heterocycles. The number of para-hydroxylation sites is 1. The van der Waals surface area contributed by atoms with Crippen LogP contribution < -0.4 is 10.2 Å². The molecule has 3 unspecified atom stereocenters. The molecule has 2 nitrogen and oxygen atoms in total. The van der Waals surface area contributed by atoms with Crippen LogP contribution in [0.2, 0.25) is 0 Å². The molecule has 118 valence electrons. The Morgan fingerprint density at radius 1 is 1.33 bits per heavy atom. The standard InChI is InChI=1S/C16H24F2N2S/c1-4-19-13-9-10-20(12(3)11(13)2)14-7-5-6-8-15(14)21-16(17)18/h5-8,11-13,16,19H,4,9-10H2,1-3H3. The minimum absolute atomic E-state index is 0.335. The first kappa shape index (κ1) is 16.6. The summed E-state index contributed by atoms with van der Waals surface area (Å²) in [6, 6.07) is 8.35. The first-order chi connectivity index (χ1) is 10.0. The number of thioether (sulfide) groups is 1. The molecule has 0 radical (unpaired) electrons. The monoisotopic (exact) mass is 314 g/mol. The quantitative estimate of drug-likeness (QED) is 0.820. The van der Waals surface area contributed by atoms with Crippen LogP contribution in [0.15, 0.2) is 29.2 Å². The topological polar surface area (TPSA) is 15.3 Å². The first-order valence-electron chi connectivity index (χ1n) is 7.58. The third-order valence-corrected chi connectivity index (χ3v) is 5.20. The SMILES string of the molecule is CCNC1CCN(c2ccccc2SC(F)F)C(C)C1C. The summed E-state index contributed by atoms with van der Waals surface area (Å²) in [5, 5.41) is 3.53. The van der Waals surface area contributed by atoms with Gasteiger partial charge >= 0.3 is 0 Å². The largest absolute Gasteiger partial charge is 0.368 e. The van der Waals surface area contributed by atoms with Crippen molar-refractivity contribution >= 4 is 17.4 Å². The van der Waals surface area contributed by atoms with Crippen LogP contribution in [-0.2, 0) is 0 Å². The van der Waals surface area contributed by atoms with E-state index in [0.717, 1.165) is 25.2 Å². The summed E-state index contributed by atoms with van der Waals surface area (Å²) in [6.45, 7) is 8.44. The Morgan fingerprint density at radius 2 is 2.05 bits per heavy atom. The van der Waals surface area contributed by atoms with Crippen LogP contribution in [0, 0.1) is 5.92 Å².